The fraction of sp³-hybridized carbons (Fsp3) is 0.391. The molecule has 2 N–H and O–H groups in total. The molecule has 178 valence electrons. The second kappa shape index (κ2) is 11.2. The highest BCUT2D eigenvalue weighted by Gasteiger charge is 2.32. The Morgan fingerprint density at radius 3 is 2.18 bits per heavy atom. The van der Waals surface area contributed by atoms with Crippen molar-refractivity contribution >= 4 is 27.5 Å². The van der Waals surface area contributed by atoms with Gasteiger partial charge in [-0.15, -0.1) is 0 Å². The summed E-state index contributed by atoms with van der Waals surface area (Å²) in [5.41, 5.74) is 0.610. The Bertz CT molecular complexity index is 1050. The highest BCUT2D eigenvalue weighted by Crippen LogP contribution is 2.26. The van der Waals surface area contributed by atoms with Crippen molar-refractivity contribution in [3.8, 4) is 11.5 Å². The van der Waals surface area contributed by atoms with Crippen LogP contribution in [0.15, 0.2) is 53.4 Å². The smallest absolute Gasteiger partial charge is 0.257 e. The molecule has 0 radical (unpaired) electrons. The monoisotopic (exact) mass is 475 g/mol. The van der Waals surface area contributed by atoms with Crippen molar-refractivity contribution in [2.24, 2.45) is 5.92 Å². The molecule has 0 unspecified atom stereocenters. The zero-order chi connectivity index (χ0) is 23.8. The molecule has 2 amide bonds. The molecule has 3 rings (SSSR count). The van der Waals surface area contributed by atoms with E-state index in [-0.39, 0.29) is 42.3 Å². The summed E-state index contributed by atoms with van der Waals surface area (Å²) in [5, 5.41) is 5.52. The summed E-state index contributed by atoms with van der Waals surface area (Å²) in [6.07, 6.45) is 0.879. The molecule has 10 heteroatoms. The number of anilines is 1. The largest absolute Gasteiger partial charge is 0.497 e. The van der Waals surface area contributed by atoms with Crippen molar-refractivity contribution in [1.82, 2.24) is 9.62 Å². The van der Waals surface area contributed by atoms with Gasteiger partial charge in [0, 0.05) is 31.2 Å². The first-order valence-corrected chi connectivity index (χ1v) is 12.2. The molecule has 0 bridgehead atoms. The summed E-state index contributed by atoms with van der Waals surface area (Å²) < 4.78 is 37.6. The van der Waals surface area contributed by atoms with E-state index in [9.17, 15) is 18.0 Å². The Hall–Kier alpha value is -3.11. The van der Waals surface area contributed by atoms with Crippen molar-refractivity contribution in [3.05, 3.63) is 48.5 Å². The van der Waals surface area contributed by atoms with E-state index in [0.717, 1.165) is 0 Å². The number of nitrogens with zero attached hydrogens (tertiary/aromatic N) is 1. The molecule has 0 spiro atoms. The van der Waals surface area contributed by atoms with Gasteiger partial charge in [0.25, 0.3) is 5.91 Å². The van der Waals surface area contributed by atoms with E-state index >= 15 is 0 Å². The van der Waals surface area contributed by atoms with E-state index in [1.54, 1.807) is 36.4 Å². The third kappa shape index (κ3) is 6.45. The second-order valence-corrected chi connectivity index (χ2v) is 9.55. The number of benzene rings is 2. The van der Waals surface area contributed by atoms with Crippen LogP contribution in [0.2, 0.25) is 0 Å². The van der Waals surface area contributed by atoms with Gasteiger partial charge in [0.15, 0.2) is 6.61 Å². The van der Waals surface area contributed by atoms with Crippen LogP contribution in [-0.2, 0) is 19.6 Å². The number of carbonyl (C=O) groups is 2. The Morgan fingerprint density at radius 1 is 1.00 bits per heavy atom. The van der Waals surface area contributed by atoms with Crippen LogP contribution < -0.4 is 20.1 Å². The van der Waals surface area contributed by atoms with Crippen LogP contribution in [0.5, 0.6) is 11.5 Å². The summed E-state index contributed by atoms with van der Waals surface area (Å²) >= 11 is 0. The van der Waals surface area contributed by atoms with E-state index in [4.69, 9.17) is 9.47 Å². The van der Waals surface area contributed by atoms with Gasteiger partial charge in [-0.25, -0.2) is 8.42 Å². The molecule has 1 fully saturated rings. The molecule has 0 aromatic heterocycles. The molecule has 9 nitrogen and oxygen atoms in total. The Labute approximate surface area is 194 Å². The number of ether oxygens (including phenoxy) is 2. The zero-order valence-corrected chi connectivity index (χ0v) is 19.6. The minimum absolute atomic E-state index is 0.0719. The van der Waals surface area contributed by atoms with Gasteiger partial charge in [-0.1, -0.05) is 0 Å². The minimum Gasteiger partial charge on any atom is -0.497 e. The van der Waals surface area contributed by atoms with Crippen LogP contribution in [0.25, 0.3) is 0 Å². The molecule has 2 aromatic carbocycles. The number of hydrogen-bond donors (Lipinski definition) is 2. The van der Waals surface area contributed by atoms with Gasteiger partial charge in [-0.2, -0.15) is 4.31 Å². The molecule has 0 atom stereocenters. The maximum absolute atomic E-state index is 12.9. The summed E-state index contributed by atoms with van der Waals surface area (Å²) in [5.74, 6) is 0.492. The number of rotatable bonds is 9. The number of hydrogen-bond acceptors (Lipinski definition) is 6. The summed E-state index contributed by atoms with van der Waals surface area (Å²) in [4.78, 5) is 24.3. The fourth-order valence-corrected chi connectivity index (χ4v) is 5.00. The van der Waals surface area contributed by atoms with Gasteiger partial charge in [0.1, 0.15) is 11.5 Å². The number of sulfonamides is 1. The first kappa shape index (κ1) is 24.5. The fourth-order valence-electron chi connectivity index (χ4n) is 3.53. The molecule has 2 aromatic rings. The van der Waals surface area contributed by atoms with Crippen molar-refractivity contribution in [1.29, 1.82) is 0 Å². The maximum Gasteiger partial charge on any atom is 0.257 e. The zero-order valence-electron chi connectivity index (χ0n) is 18.7. The lowest BCUT2D eigenvalue weighted by atomic mass is 9.97. The first-order valence-electron chi connectivity index (χ1n) is 10.8. The normalized spacial score (nSPS) is 15.0. The third-order valence-corrected chi connectivity index (χ3v) is 7.30. The van der Waals surface area contributed by atoms with Crippen LogP contribution >= 0.6 is 0 Å². The number of methoxy groups -OCH3 is 1. The average molecular weight is 476 g/mol. The lowest BCUT2D eigenvalue weighted by Crippen LogP contribution is -2.41. The second-order valence-electron chi connectivity index (χ2n) is 7.61. The Kier molecular flexibility index (Phi) is 8.29. The van der Waals surface area contributed by atoms with Gasteiger partial charge in [0.05, 0.1) is 12.0 Å². The van der Waals surface area contributed by atoms with Crippen LogP contribution in [0.1, 0.15) is 19.8 Å². The average Bonchev–Trinajstić information content (AvgIpc) is 2.84. The van der Waals surface area contributed by atoms with E-state index in [2.05, 4.69) is 10.6 Å². The lowest BCUT2D eigenvalue weighted by molar-refractivity contribution is -0.123. The quantitative estimate of drug-likeness (QED) is 0.575. The molecule has 1 heterocycles. The Balaban J connectivity index is 1.50. The molecule has 1 aliphatic heterocycles. The highest BCUT2D eigenvalue weighted by atomic mass is 32.2. The van der Waals surface area contributed by atoms with E-state index in [0.29, 0.717) is 36.6 Å². The standard InChI is InChI=1S/C23H29N3O6S/c1-3-24-22(27)16-32-20-6-4-18(5-7-20)25-23(28)17-12-14-26(15-13-17)33(29,30)21-10-8-19(31-2)9-11-21/h4-11,17H,3,12-16H2,1-2H3,(H,24,27)(H,25,28). The SMILES string of the molecule is CCNC(=O)COc1ccc(NC(=O)C2CCN(S(=O)(=O)c3ccc(OC)cc3)CC2)cc1. The van der Waals surface area contributed by atoms with Crippen molar-refractivity contribution in [2.75, 3.05) is 38.7 Å². The molecule has 0 aliphatic carbocycles. The van der Waals surface area contributed by atoms with Crippen LogP contribution in [0.3, 0.4) is 0 Å². The van der Waals surface area contributed by atoms with Crippen LogP contribution in [-0.4, -0.2) is 57.9 Å². The van der Waals surface area contributed by atoms with Crippen molar-refractivity contribution in [3.63, 3.8) is 0 Å². The van der Waals surface area contributed by atoms with Crippen molar-refractivity contribution < 1.29 is 27.5 Å². The molecule has 1 saturated heterocycles. The molecular formula is C23H29N3O6S. The van der Waals surface area contributed by atoms with Gasteiger partial charge in [-0.05, 0) is 68.3 Å². The maximum atomic E-state index is 12.9. The third-order valence-electron chi connectivity index (χ3n) is 5.39. The molecule has 33 heavy (non-hydrogen) atoms. The first-order chi connectivity index (χ1) is 15.8. The molecule has 1 aliphatic rings. The summed E-state index contributed by atoms with van der Waals surface area (Å²) in [6, 6.07) is 13.0. The summed E-state index contributed by atoms with van der Waals surface area (Å²) in [6.45, 7) is 2.86. The predicted octanol–water partition coefficient (Wildman–Crippen LogP) is 2.25. The van der Waals surface area contributed by atoms with E-state index < -0.39 is 10.0 Å². The number of piperidine rings is 1. The lowest BCUT2D eigenvalue weighted by Gasteiger charge is -2.30. The van der Waals surface area contributed by atoms with Crippen LogP contribution in [0.4, 0.5) is 5.69 Å². The number of amides is 2. The van der Waals surface area contributed by atoms with Crippen LogP contribution in [0, 0.1) is 5.92 Å². The van der Waals surface area contributed by atoms with Crippen molar-refractivity contribution in [2.45, 2.75) is 24.7 Å². The van der Waals surface area contributed by atoms with Gasteiger partial charge < -0.3 is 20.1 Å². The topological polar surface area (TPSA) is 114 Å². The van der Waals surface area contributed by atoms with E-state index in [1.165, 1.54) is 23.5 Å². The number of nitrogens with one attached hydrogen (secondary N) is 2. The Morgan fingerprint density at radius 2 is 1.61 bits per heavy atom. The predicted molar refractivity (Wildman–Crippen MR) is 124 cm³/mol. The van der Waals surface area contributed by atoms with Gasteiger partial charge in [-0.3, -0.25) is 9.59 Å². The highest BCUT2D eigenvalue weighted by molar-refractivity contribution is 7.89. The number of likely N-dealkylation sites (N-methyl/N-ethyl adjacent to an activating group) is 1. The van der Waals surface area contributed by atoms with E-state index in [1.807, 2.05) is 6.92 Å². The minimum atomic E-state index is -3.61. The van der Waals surface area contributed by atoms with Gasteiger partial charge >= 0.3 is 0 Å². The summed E-state index contributed by atoms with van der Waals surface area (Å²) in [7, 11) is -2.09. The van der Waals surface area contributed by atoms with Gasteiger partial charge in [0.2, 0.25) is 15.9 Å². The molecular weight excluding hydrogens is 446 g/mol. The number of carbonyl (C=O) groups excluding carboxylic acids is 2. The molecule has 0 saturated carbocycles.